The zero-order valence-corrected chi connectivity index (χ0v) is 13.5. The number of methoxy groups -OCH3 is 1. The van der Waals surface area contributed by atoms with Gasteiger partial charge in [0.15, 0.2) is 0 Å². The molecule has 0 radical (unpaired) electrons. The molecule has 2 N–H and O–H groups in total. The summed E-state index contributed by atoms with van der Waals surface area (Å²) in [5.41, 5.74) is 2.26. The van der Waals surface area contributed by atoms with Gasteiger partial charge in [-0.05, 0) is 30.3 Å². The van der Waals surface area contributed by atoms with Crippen molar-refractivity contribution in [2.45, 2.75) is 6.18 Å². The minimum atomic E-state index is -4.70. The molecule has 2 aromatic rings. The van der Waals surface area contributed by atoms with Crippen molar-refractivity contribution < 1.29 is 27.5 Å². The Labute approximate surface area is 145 Å². The average Bonchev–Trinajstić information content (AvgIpc) is 2.58. The van der Waals surface area contributed by atoms with Gasteiger partial charge in [0.05, 0.1) is 23.8 Å². The van der Waals surface area contributed by atoms with Gasteiger partial charge in [0.2, 0.25) is 0 Å². The van der Waals surface area contributed by atoms with Gasteiger partial charge in [-0.25, -0.2) is 0 Å². The van der Waals surface area contributed by atoms with Crippen molar-refractivity contribution in [1.82, 2.24) is 10.9 Å². The molecule has 0 fully saturated rings. The molecule has 0 saturated heterocycles. The molecule has 0 bridgehead atoms. The van der Waals surface area contributed by atoms with Gasteiger partial charge in [-0.2, -0.15) is 13.2 Å². The third-order valence-corrected chi connectivity index (χ3v) is 3.41. The fraction of sp³-hybridized carbons (Fsp3) is 0.125. The molecule has 0 spiro atoms. The molecule has 2 amide bonds. The highest BCUT2D eigenvalue weighted by molar-refractivity contribution is 6.31. The summed E-state index contributed by atoms with van der Waals surface area (Å²) in [5, 5.41) is 0.250. The standard InChI is InChI=1S/C16H12ClF3N2O3/c1-25-13-7-6-9(17)8-11(13)15(24)22-21-14(23)10-4-2-3-5-12(10)16(18,19)20/h2-8H,1H3,(H,21,23)(H,22,24). The average molecular weight is 373 g/mol. The first-order valence-corrected chi connectivity index (χ1v) is 7.22. The van der Waals surface area contributed by atoms with Gasteiger partial charge < -0.3 is 4.74 Å². The predicted octanol–water partition coefficient (Wildman–Crippen LogP) is 3.44. The summed E-state index contributed by atoms with van der Waals surface area (Å²) in [7, 11) is 1.33. The first-order valence-electron chi connectivity index (χ1n) is 6.84. The lowest BCUT2D eigenvalue weighted by atomic mass is 10.1. The molecule has 0 saturated carbocycles. The van der Waals surface area contributed by atoms with Crippen LogP contribution in [0.15, 0.2) is 42.5 Å². The van der Waals surface area contributed by atoms with Crippen molar-refractivity contribution in [2.24, 2.45) is 0 Å². The largest absolute Gasteiger partial charge is 0.496 e. The Morgan fingerprint density at radius 1 is 1.00 bits per heavy atom. The van der Waals surface area contributed by atoms with Crippen LogP contribution in [0, 0.1) is 0 Å². The molecule has 9 heteroatoms. The quantitative estimate of drug-likeness (QED) is 0.811. The number of halogens is 4. The second-order valence-electron chi connectivity index (χ2n) is 4.80. The van der Waals surface area contributed by atoms with Crippen molar-refractivity contribution in [1.29, 1.82) is 0 Å². The molecule has 0 aliphatic heterocycles. The molecule has 2 aromatic carbocycles. The van der Waals surface area contributed by atoms with E-state index in [0.29, 0.717) is 0 Å². The molecule has 0 heterocycles. The van der Waals surface area contributed by atoms with E-state index in [1.54, 1.807) is 0 Å². The first kappa shape index (κ1) is 18.6. The van der Waals surface area contributed by atoms with Gasteiger partial charge in [-0.1, -0.05) is 23.7 Å². The van der Waals surface area contributed by atoms with Gasteiger partial charge in [0.1, 0.15) is 5.75 Å². The molecule has 2 rings (SSSR count). The molecule has 132 valence electrons. The van der Waals surface area contributed by atoms with Crippen molar-refractivity contribution >= 4 is 23.4 Å². The number of ether oxygens (including phenoxy) is 1. The van der Waals surface area contributed by atoms with Crippen LogP contribution in [0.5, 0.6) is 5.75 Å². The molecular weight excluding hydrogens is 361 g/mol. The highest BCUT2D eigenvalue weighted by Crippen LogP contribution is 2.31. The summed E-state index contributed by atoms with van der Waals surface area (Å²) >= 11 is 5.80. The molecule has 0 aliphatic rings. The summed E-state index contributed by atoms with van der Waals surface area (Å²) in [6.45, 7) is 0. The monoisotopic (exact) mass is 372 g/mol. The van der Waals surface area contributed by atoms with E-state index in [1.807, 2.05) is 10.9 Å². The minimum Gasteiger partial charge on any atom is -0.496 e. The zero-order valence-electron chi connectivity index (χ0n) is 12.8. The second kappa shape index (κ2) is 7.43. The fourth-order valence-electron chi connectivity index (χ4n) is 2.03. The molecule has 5 nitrogen and oxygen atoms in total. The van der Waals surface area contributed by atoms with Crippen LogP contribution in [0.1, 0.15) is 26.3 Å². The third kappa shape index (κ3) is 4.42. The van der Waals surface area contributed by atoms with Crippen molar-refractivity contribution in [3.8, 4) is 5.75 Å². The Bertz CT molecular complexity index is 809. The number of hydrazine groups is 1. The number of carbonyl (C=O) groups excluding carboxylic acids is 2. The van der Waals surface area contributed by atoms with Gasteiger partial charge >= 0.3 is 6.18 Å². The first-order chi connectivity index (χ1) is 11.7. The van der Waals surface area contributed by atoms with Crippen LogP contribution in [0.3, 0.4) is 0 Å². The third-order valence-electron chi connectivity index (χ3n) is 3.17. The van der Waals surface area contributed by atoms with Crippen LogP contribution in [-0.2, 0) is 6.18 Å². The molecule has 0 atom stereocenters. The van der Waals surface area contributed by atoms with Gasteiger partial charge in [0, 0.05) is 5.02 Å². The van der Waals surface area contributed by atoms with Crippen molar-refractivity contribution in [3.05, 3.63) is 64.2 Å². The lowest BCUT2D eigenvalue weighted by Crippen LogP contribution is -2.42. The lowest BCUT2D eigenvalue weighted by Gasteiger charge is -2.14. The number of benzene rings is 2. The van der Waals surface area contributed by atoms with Gasteiger partial charge in [-0.15, -0.1) is 0 Å². The Morgan fingerprint density at radius 2 is 1.60 bits per heavy atom. The number of carbonyl (C=O) groups is 2. The van der Waals surface area contributed by atoms with Crippen molar-refractivity contribution in [3.63, 3.8) is 0 Å². The maximum atomic E-state index is 12.9. The Hall–Kier alpha value is -2.74. The van der Waals surface area contributed by atoms with Gasteiger partial charge in [-0.3, -0.25) is 20.4 Å². The predicted molar refractivity (Wildman–Crippen MR) is 84.4 cm³/mol. The number of nitrogens with one attached hydrogen (secondary N) is 2. The smallest absolute Gasteiger partial charge is 0.417 e. The molecule has 0 aliphatic carbocycles. The summed E-state index contributed by atoms with van der Waals surface area (Å²) in [6, 6.07) is 8.46. The maximum absolute atomic E-state index is 12.9. The van der Waals surface area contributed by atoms with E-state index < -0.39 is 29.1 Å². The minimum absolute atomic E-state index is 0.0133. The van der Waals surface area contributed by atoms with Crippen LogP contribution >= 0.6 is 11.6 Å². The highest BCUT2D eigenvalue weighted by atomic mass is 35.5. The maximum Gasteiger partial charge on any atom is 0.417 e. The van der Waals surface area contributed by atoms with E-state index in [-0.39, 0.29) is 16.3 Å². The number of alkyl halides is 3. The number of rotatable bonds is 3. The van der Waals surface area contributed by atoms with E-state index in [4.69, 9.17) is 16.3 Å². The van der Waals surface area contributed by atoms with Gasteiger partial charge in [0.25, 0.3) is 11.8 Å². The topological polar surface area (TPSA) is 67.4 Å². The van der Waals surface area contributed by atoms with Crippen LogP contribution in [0.25, 0.3) is 0 Å². The lowest BCUT2D eigenvalue weighted by molar-refractivity contribution is -0.137. The summed E-state index contributed by atoms with van der Waals surface area (Å²) in [4.78, 5) is 24.1. The van der Waals surface area contributed by atoms with Crippen molar-refractivity contribution in [2.75, 3.05) is 7.11 Å². The fourth-order valence-corrected chi connectivity index (χ4v) is 2.21. The van der Waals surface area contributed by atoms with Crippen LogP contribution in [-0.4, -0.2) is 18.9 Å². The normalized spacial score (nSPS) is 10.9. The van der Waals surface area contributed by atoms with E-state index in [9.17, 15) is 22.8 Å². The van der Waals surface area contributed by atoms with E-state index in [0.717, 1.165) is 18.2 Å². The van der Waals surface area contributed by atoms with E-state index >= 15 is 0 Å². The summed E-state index contributed by atoms with van der Waals surface area (Å²) in [6.07, 6.45) is -4.70. The Morgan fingerprint density at radius 3 is 2.20 bits per heavy atom. The zero-order chi connectivity index (χ0) is 18.6. The highest BCUT2D eigenvalue weighted by Gasteiger charge is 2.34. The summed E-state index contributed by atoms with van der Waals surface area (Å²) < 4.78 is 43.7. The van der Waals surface area contributed by atoms with Crippen LogP contribution in [0.2, 0.25) is 5.02 Å². The van der Waals surface area contributed by atoms with E-state index in [2.05, 4.69) is 0 Å². The molecular formula is C16H12ClF3N2O3. The Kier molecular flexibility index (Phi) is 5.53. The molecule has 25 heavy (non-hydrogen) atoms. The van der Waals surface area contributed by atoms with Crippen LogP contribution in [0.4, 0.5) is 13.2 Å². The van der Waals surface area contributed by atoms with Crippen LogP contribution < -0.4 is 15.6 Å². The summed E-state index contributed by atoms with van der Waals surface area (Å²) in [5.74, 6) is -1.72. The number of hydrogen-bond acceptors (Lipinski definition) is 3. The number of hydrogen-bond donors (Lipinski definition) is 2. The SMILES string of the molecule is COc1ccc(Cl)cc1C(=O)NNC(=O)c1ccccc1C(F)(F)F. The molecule has 0 unspecified atom stereocenters. The molecule has 0 aromatic heterocycles. The Balaban J connectivity index is 2.16. The van der Waals surface area contributed by atoms with E-state index in [1.165, 1.54) is 31.4 Å². The second-order valence-corrected chi connectivity index (χ2v) is 5.23. The number of amides is 2.